The van der Waals surface area contributed by atoms with Crippen LogP contribution in [0.15, 0.2) is 63.6 Å². The standard InChI is InChI=1S/C15H14Cl3N/c1-11(16)7-13(8-12(2)17)9-19-10-14-5-3-4-6-15(14)18/h3-8,10H,1,9H2,2H3/b12-8+,13-7+,19-10?. The number of benzene rings is 1. The molecule has 0 fully saturated rings. The average Bonchev–Trinajstić information content (AvgIpc) is 2.30. The molecule has 0 atom stereocenters. The predicted molar refractivity (Wildman–Crippen MR) is 86.6 cm³/mol. The maximum Gasteiger partial charge on any atom is 0.0640 e. The number of hydrogen-bond donors (Lipinski definition) is 0. The summed E-state index contributed by atoms with van der Waals surface area (Å²) in [7, 11) is 0. The van der Waals surface area contributed by atoms with Gasteiger partial charge in [0.1, 0.15) is 0 Å². The molecule has 0 saturated carbocycles. The minimum Gasteiger partial charge on any atom is -0.288 e. The van der Waals surface area contributed by atoms with Crippen LogP contribution in [0.3, 0.4) is 0 Å². The van der Waals surface area contributed by atoms with E-state index in [1.807, 2.05) is 24.3 Å². The molecular weight excluding hydrogens is 301 g/mol. The lowest BCUT2D eigenvalue weighted by Gasteiger charge is -2.00. The van der Waals surface area contributed by atoms with Gasteiger partial charge in [-0.1, -0.05) is 59.6 Å². The molecule has 0 aliphatic carbocycles. The van der Waals surface area contributed by atoms with Crippen LogP contribution in [0.4, 0.5) is 0 Å². The molecule has 4 heteroatoms. The summed E-state index contributed by atoms with van der Waals surface area (Å²) in [6, 6.07) is 7.51. The summed E-state index contributed by atoms with van der Waals surface area (Å²) in [4.78, 5) is 4.33. The predicted octanol–water partition coefficient (Wildman–Crippen LogP) is 5.58. The van der Waals surface area contributed by atoms with Crippen LogP contribution in [-0.2, 0) is 0 Å². The largest absolute Gasteiger partial charge is 0.288 e. The zero-order valence-electron chi connectivity index (χ0n) is 10.5. The van der Waals surface area contributed by atoms with Gasteiger partial charge in [-0.15, -0.1) is 0 Å². The van der Waals surface area contributed by atoms with Crippen LogP contribution < -0.4 is 0 Å². The molecule has 0 spiro atoms. The van der Waals surface area contributed by atoms with Crippen molar-refractivity contribution in [1.82, 2.24) is 0 Å². The van der Waals surface area contributed by atoms with E-state index in [4.69, 9.17) is 34.8 Å². The van der Waals surface area contributed by atoms with E-state index in [9.17, 15) is 0 Å². The third-order valence-corrected chi connectivity index (χ3v) is 2.70. The van der Waals surface area contributed by atoms with Crippen LogP contribution in [0.25, 0.3) is 0 Å². The molecule has 0 aromatic heterocycles. The topological polar surface area (TPSA) is 12.4 Å². The van der Waals surface area contributed by atoms with Crippen molar-refractivity contribution in [3.63, 3.8) is 0 Å². The van der Waals surface area contributed by atoms with Crippen molar-refractivity contribution < 1.29 is 0 Å². The van der Waals surface area contributed by atoms with E-state index in [2.05, 4.69) is 11.6 Å². The minimum atomic E-state index is 0.442. The van der Waals surface area contributed by atoms with Gasteiger partial charge < -0.3 is 0 Å². The Kier molecular flexibility index (Phi) is 6.93. The van der Waals surface area contributed by atoms with Crippen molar-refractivity contribution >= 4 is 41.0 Å². The smallest absolute Gasteiger partial charge is 0.0640 e. The molecule has 1 rings (SSSR count). The number of rotatable bonds is 5. The second-order valence-corrected chi connectivity index (χ2v) is 5.38. The van der Waals surface area contributed by atoms with Gasteiger partial charge in [0.05, 0.1) is 6.54 Å². The average molecular weight is 315 g/mol. The van der Waals surface area contributed by atoms with Gasteiger partial charge in [0.2, 0.25) is 0 Å². The summed E-state index contributed by atoms with van der Waals surface area (Å²) in [5.41, 5.74) is 1.76. The number of nitrogens with zero attached hydrogens (tertiary/aromatic N) is 1. The Morgan fingerprint density at radius 3 is 2.53 bits per heavy atom. The monoisotopic (exact) mass is 313 g/mol. The van der Waals surface area contributed by atoms with Gasteiger partial charge in [-0.05, 0) is 30.7 Å². The highest BCUT2D eigenvalue weighted by molar-refractivity contribution is 6.33. The highest BCUT2D eigenvalue weighted by atomic mass is 35.5. The lowest BCUT2D eigenvalue weighted by atomic mass is 10.2. The first-order valence-corrected chi connectivity index (χ1v) is 6.75. The summed E-state index contributed by atoms with van der Waals surface area (Å²) >= 11 is 17.6. The zero-order chi connectivity index (χ0) is 14.3. The molecule has 0 bridgehead atoms. The third-order valence-electron chi connectivity index (χ3n) is 2.14. The molecule has 0 N–H and O–H groups in total. The van der Waals surface area contributed by atoms with Crippen molar-refractivity contribution in [1.29, 1.82) is 0 Å². The van der Waals surface area contributed by atoms with Crippen molar-refractivity contribution in [2.45, 2.75) is 6.92 Å². The van der Waals surface area contributed by atoms with Crippen LogP contribution in [0.1, 0.15) is 12.5 Å². The Hall–Kier alpha value is -1.02. The second-order valence-electron chi connectivity index (χ2n) is 3.89. The molecule has 0 radical (unpaired) electrons. The van der Waals surface area contributed by atoms with Gasteiger partial charge in [-0.2, -0.15) is 0 Å². The van der Waals surface area contributed by atoms with Crippen molar-refractivity contribution in [2.75, 3.05) is 6.54 Å². The number of allylic oxidation sites excluding steroid dienone is 3. The lowest BCUT2D eigenvalue weighted by molar-refractivity contribution is 1.18. The fourth-order valence-electron chi connectivity index (χ4n) is 1.42. The third kappa shape index (κ3) is 6.63. The fraction of sp³-hybridized carbons (Fsp3) is 0.133. The van der Waals surface area contributed by atoms with Gasteiger partial charge in [0.15, 0.2) is 0 Å². The van der Waals surface area contributed by atoms with Crippen LogP contribution in [0, 0.1) is 0 Å². The molecule has 0 aliphatic rings. The molecule has 1 aromatic carbocycles. The molecule has 100 valence electrons. The summed E-state index contributed by atoms with van der Waals surface area (Å²) in [5, 5.41) is 1.77. The molecule has 0 aliphatic heterocycles. The molecule has 0 heterocycles. The quantitative estimate of drug-likeness (QED) is 0.497. The molecular formula is C15H14Cl3N. The number of halogens is 3. The number of aliphatic imine (C=N–C) groups is 1. The number of hydrogen-bond acceptors (Lipinski definition) is 1. The van der Waals surface area contributed by atoms with Gasteiger partial charge in [0.25, 0.3) is 0 Å². The highest BCUT2D eigenvalue weighted by Crippen LogP contribution is 2.14. The molecule has 1 aromatic rings. The lowest BCUT2D eigenvalue weighted by Crippen LogP contribution is -1.89. The summed E-state index contributed by atoms with van der Waals surface area (Å²) < 4.78 is 0. The van der Waals surface area contributed by atoms with Crippen LogP contribution in [0.5, 0.6) is 0 Å². The van der Waals surface area contributed by atoms with E-state index in [0.29, 0.717) is 21.6 Å². The first-order chi connectivity index (χ1) is 8.99. The minimum absolute atomic E-state index is 0.442. The zero-order valence-corrected chi connectivity index (χ0v) is 12.8. The maximum absolute atomic E-state index is 6.03. The first kappa shape index (κ1) is 16.0. The van der Waals surface area contributed by atoms with E-state index < -0.39 is 0 Å². The Balaban J connectivity index is 2.80. The highest BCUT2D eigenvalue weighted by Gasteiger charge is 1.96. The van der Waals surface area contributed by atoms with E-state index in [-0.39, 0.29) is 0 Å². The Morgan fingerprint density at radius 1 is 1.26 bits per heavy atom. The Morgan fingerprint density at radius 2 is 1.95 bits per heavy atom. The van der Waals surface area contributed by atoms with Crippen LogP contribution >= 0.6 is 34.8 Å². The van der Waals surface area contributed by atoms with Crippen molar-refractivity contribution in [3.05, 3.63) is 69.2 Å². The van der Waals surface area contributed by atoms with E-state index >= 15 is 0 Å². The Bertz CT molecular complexity index is 538. The van der Waals surface area contributed by atoms with Gasteiger partial charge in [-0.25, -0.2) is 0 Å². The second kappa shape index (κ2) is 8.21. The van der Waals surface area contributed by atoms with Gasteiger partial charge in [-0.3, -0.25) is 4.99 Å². The van der Waals surface area contributed by atoms with E-state index in [0.717, 1.165) is 11.1 Å². The van der Waals surface area contributed by atoms with E-state index in [1.165, 1.54) is 0 Å². The van der Waals surface area contributed by atoms with Crippen LogP contribution in [-0.4, -0.2) is 12.8 Å². The Labute approximate surface area is 128 Å². The fourth-order valence-corrected chi connectivity index (χ4v) is 1.88. The van der Waals surface area contributed by atoms with Crippen LogP contribution in [0.2, 0.25) is 5.02 Å². The molecule has 0 saturated heterocycles. The molecule has 0 unspecified atom stereocenters. The normalized spacial score (nSPS) is 13.1. The summed E-state index contributed by atoms with van der Waals surface area (Å²) in [6.45, 7) is 5.88. The van der Waals surface area contributed by atoms with Crippen molar-refractivity contribution in [2.24, 2.45) is 4.99 Å². The SMILES string of the molecule is C=C(Cl)/C=C(\C=C(/C)Cl)CN=Cc1ccccc1Cl. The summed E-state index contributed by atoms with van der Waals surface area (Å²) in [5.74, 6) is 0. The maximum atomic E-state index is 6.03. The summed E-state index contributed by atoms with van der Waals surface area (Å²) in [6.07, 6.45) is 5.26. The van der Waals surface area contributed by atoms with Gasteiger partial charge >= 0.3 is 0 Å². The molecule has 0 amide bonds. The first-order valence-electron chi connectivity index (χ1n) is 5.62. The van der Waals surface area contributed by atoms with Crippen molar-refractivity contribution in [3.8, 4) is 0 Å². The van der Waals surface area contributed by atoms with Gasteiger partial charge in [0, 0.05) is 26.9 Å². The molecule has 1 nitrogen and oxygen atoms in total. The molecule has 19 heavy (non-hydrogen) atoms. The van der Waals surface area contributed by atoms with E-state index in [1.54, 1.807) is 25.3 Å².